The zero-order chi connectivity index (χ0) is 39.5. The Morgan fingerprint density at radius 2 is 1.08 bits per heavy atom. The molecule has 1 unspecified atom stereocenters. The lowest BCUT2D eigenvalue weighted by Crippen LogP contribution is -2.68. The van der Waals surface area contributed by atoms with Crippen molar-refractivity contribution in [1.82, 2.24) is 14.1 Å². The molecule has 0 fully saturated rings. The van der Waals surface area contributed by atoms with Gasteiger partial charge >= 0.3 is 0 Å². The van der Waals surface area contributed by atoms with Gasteiger partial charge in [0, 0.05) is 68.4 Å². The summed E-state index contributed by atoms with van der Waals surface area (Å²) in [5.74, 6) is 0. The molecule has 5 nitrogen and oxygen atoms in total. The van der Waals surface area contributed by atoms with Crippen molar-refractivity contribution in [2.24, 2.45) is 4.99 Å². The highest BCUT2D eigenvalue weighted by Gasteiger charge is 2.43. The molecule has 280 valence electrons. The summed E-state index contributed by atoms with van der Waals surface area (Å²) in [6.45, 7) is 6.02. The number of aromatic nitrogens is 3. The number of aliphatic imine (C=N–C) groups is 1. The number of rotatable bonds is 8. The van der Waals surface area contributed by atoms with Crippen LogP contribution in [0.15, 0.2) is 215 Å². The molecule has 0 amide bonds. The van der Waals surface area contributed by atoms with Crippen molar-refractivity contribution >= 4 is 95.9 Å². The average Bonchev–Trinajstić information content (AvgIpc) is 3.94. The second-order valence-corrected chi connectivity index (χ2v) is 18.8. The first kappa shape index (κ1) is 34.7. The van der Waals surface area contributed by atoms with Gasteiger partial charge in [0.15, 0.2) is 8.07 Å². The Morgan fingerprint density at radius 1 is 0.542 bits per heavy atom. The number of fused-ring (bicyclic) bond motifs is 9. The molecule has 0 spiro atoms. The van der Waals surface area contributed by atoms with Crippen LogP contribution in [0.3, 0.4) is 0 Å². The van der Waals surface area contributed by atoms with Crippen LogP contribution in [0.5, 0.6) is 0 Å². The largest absolute Gasteiger partial charge is 0.456 e. The third-order valence-corrected chi connectivity index (χ3v) is 16.7. The highest BCUT2D eigenvalue weighted by atomic mass is 28.3. The molecule has 4 aromatic heterocycles. The number of benzene rings is 7. The number of nitrogens with zero attached hydrogens (tertiary/aromatic N) is 4. The Bertz CT molecular complexity index is 3410. The number of hydrogen-bond acceptors (Lipinski definition) is 3. The van der Waals surface area contributed by atoms with Crippen LogP contribution < -0.4 is 15.6 Å². The lowest BCUT2D eigenvalue weighted by Gasteiger charge is -2.35. The van der Waals surface area contributed by atoms with Crippen molar-refractivity contribution in [2.45, 2.75) is 6.92 Å². The molecule has 0 aliphatic heterocycles. The fourth-order valence-corrected chi connectivity index (χ4v) is 14.2. The first-order valence-corrected chi connectivity index (χ1v) is 21.9. The topological polar surface area (TPSA) is 48.2 Å². The highest BCUT2D eigenvalue weighted by Crippen LogP contribution is 2.38. The van der Waals surface area contributed by atoms with Gasteiger partial charge in [0.2, 0.25) is 0 Å². The van der Waals surface area contributed by atoms with Crippen molar-refractivity contribution in [3.63, 3.8) is 0 Å². The quantitative estimate of drug-likeness (QED) is 0.0877. The maximum Gasteiger partial charge on any atom is 0.182 e. The van der Waals surface area contributed by atoms with E-state index in [9.17, 15) is 0 Å². The lowest BCUT2D eigenvalue weighted by atomic mass is 10.1. The minimum absolute atomic E-state index is 0.879. The van der Waals surface area contributed by atoms with Crippen LogP contribution in [0.2, 0.25) is 0 Å². The maximum atomic E-state index is 6.41. The van der Waals surface area contributed by atoms with Crippen molar-refractivity contribution in [1.29, 1.82) is 0 Å². The molecule has 0 aliphatic carbocycles. The molecule has 0 saturated carbocycles. The summed E-state index contributed by atoms with van der Waals surface area (Å²) in [6, 6.07) is 61.3. The van der Waals surface area contributed by atoms with Gasteiger partial charge in [-0.05, 0) is 95.1 Å². The fraction of sp³-hybridized carbons (Fsp3) is 0.0189. The second kappa shape index (κ2) is 13.8. The van der Waals surface area contributed by atoms with E-state index in [1.165, 1.54) is 43.0 Å². The standard InChI is InChI=1S/C53H38N4OSi/c1-3-13-40(34-54-2)59(41-14-12-31-55-35-41,38-27-23-36(24-28-38)56-48-19-8-4-15-42(48)43-16-5-9-20-49(43)56)39-29-25-37(26-30-39)57-50-21-10-6-17-44(50)46-32-47-45-18-7-11-22-52(45)58-53(47)33-51(46)57/h3-35H,2H2,1H3/b13-3-,40-34+. The van der Waals surface area contributed by atoms with E-state index in [2.05, 4.69) is 192 Å². The van der Waals surface area contributed by atoms with Gasteiger partial charge in [-0.3, -0.25) is 9.98 Å². The summed E-state index contributed by atoms with van der Waals surface area (Å²) in [5.41, 5.74) is 8.58. The minimum atomic E-state index is -3.04. The summed E-state index contributed by atoms with van der Waals surface area (Å²) in [5, 5.41) is 11.9. The summed E-state index contributed by atoms with van der Waals surface area (Å²) < 4.78 is 11.1. The maximum absolute atomic E-state index is 6.41. The Hall–Kier alpha value is -7.54. The molecule has 0 saturated heterocycles. The number of pyridine rings is 1. The molecule has 1 atom stereocenters. The van der Waals surface area contributed by atoms with E-state index in [1.807, 2.05) is 36.8 Å². The number of allylic oxidation sites excluding steroid dienone is 3. The van der Waals surface area contributed by atoms with Crippen LogP contribution >= 0.6 is 0 Å². The van der Waals surface area contributed by atoms with Crippen LogP contribution in [0.4, 0.5) is 0 Å². The number of hydrogen-bond donors (Lipinski definition) is 0. The molecule has 11 rings (SSSR count). The van der Waals surface area contributed by atoms with E-state index in [0.717, 1.165) is 54.7 Å². The van der Waals surface area contributed by atoms with E-state index in [-0.39, 0.29) is 0 Å². The minimum Gasteiger partial charge on any atom is -0.456 e. The van der Waals surface area contributed by atoms with E-state index < -0.39 is 8.07 Å². The Labute approximate surface area is 342 Å². The second-order valence-electron chi connectivity index (χ2n) is 15.0. The van der Waals surface area contributed by atoms with Gasteiger partial charge in [-0.25, -0.2) is 0 Å². The van der Waals surface area contributed by atoms with Gasteiger partial charge in [-0.1, -0.05) is 115 Å². The van der Waals surface area contributed by atoms with Crippen molar-refractivity contribution in [3.8, 4) is 11.4 Å². The molecule has 11 aromatic rings. The van der Waals surface area contributed by atoms with Gasteiger partial charge in [0.25, 0.3) is 0 Å². The smallest absolute Gasteiger partial charge is 0.182 e. The monoisotopic (exact) mass is 774 g/mol. The highest BCUT2D eigenvalue weighted by molar-refractivity contribution is 7.16. The van der Waals surface area contributed by atoms with E-state index in [1.54, 1.807) is 0 Å². The molecule has 7 aromatic carbocycles. The Morgan fingerprint density at radius 3 is 1.64 bits per heavy atom. The molecule has 0 aliphatic rings. The van der Waals surface area contributed by atoms with Crippen LogP contribution in [0.1, 0.15) is 6.92 Å². The van der Waals surface area contributed by atoms with Gasteiger partial charge in [-0.15, -0.1) is 0 Å². The van der Waals surface area contributed by atoms with E-state index in [0.29, 0.717) is 0 Å². The van der Waals surface area contributed by atoms with E-state index >= 15 is 0 Å². The van der Waals surface area contributed by atoms with Crippen LogP contribution in [0.25, 0.3) is 76.9 Å². The molecule has 4 heterocycles. The van der Waals surface area contributed by atoms with Crippen molar-refractivity contribution in [3.05, 3.63) is 206 Å². The predicted molar refractivity (Wildman–Crippen MR) is 250 cm³/mol. The van der Waals surface area contributed by atoms with Crippen LogP contribution in [-0.2, 0) is 0 Å². The van der Waals surface area contributed by atoms with Gasteiger partial charge in [0.05, 0.1) is 22.1 Å². The third-order valence-electron chi connectivity index (χ3n) is 12.0. The molecular formula is C53H38N4OSi. The van der Waals surface area contributed by atoms with E-state index in [4.69, 9.17) is 9.40 Å². The molecule has 0 N–H and O–H groups in total. The van der Waals surface area contributed by atoms with Crippen molar-refractivity contribution in [2.75, 3.05) is 0 Å². The lowest BCUT2D eigenvalue weighted by molar-refractivity contribution is 0.669. The summed E-state index contributed by atoms with van der Waals surface area (Å²) in [4.78, 5) is 9.14. The Balaban J connectivity index is 1.12. The average molecular weight is 775 g/mol. The van der Waals surface area contributed by atoms with Crippen LogP contribution in [0, 0.1) is 0 Å². The number of para-hydroxylation sites is 4. The zero-order valence-corrected chi connectivity index (χ0v) is 33.5. The molecule has 0 bridgehead atoms. The zero-order valence-electron chi connectivity index (χ0n) is 32.5. The molecular weight excluding hydrogens is 737 g/mol. The third kappa shape index (κ3) is 5.23. The molecule has 59 heavy (non-hydrogen) atoms. The van der Waals surface area contributed by atoms with Crippen LogP contribution in [-0.4, -0.2) is 28.9 Å². The molecule has 6 heteroatoms. The first-order valence-electron chi connectivity index (χ1n) is 19.9. The SMILES string of the molecule is C=N/C=C(\C=C/C)[Si](c1ccc(-n2c3ccccc3c3ccccc32)cc1)(c1ccc(-n2c3ccccc3c3cc4c(cc32)oc2ccccc24)cc1)c1cccnc1. The Kier molecular flexibility index (Phi) is 8.13. The van der Waals surface area contributed by atoms with Gasteiger partial charge in [0.1, 0.15) is 11.2 Å². The summed E-state index contributed by atoms with van der Waals surface area (Å²) in [7, 11) is -3.04. The van der Waals surface area contributed by atoms with Gasteiger partial charge < -0.3 is 13.6 Å². The fourth-order valence-electron chi connectivity index (χ4n) is 9.51. The molecule has 0 radical (unpaired) electrons. The first-order chi connectivity index (χ1) is 29.2. The van der Waals surface area contributed by atoms with Crippen molar-refractivity contribution < 1.29 is 4.42 Å². The normalized spacial score (nSPS) is 13.4. The number of furan rings is 1. The summed E-state index contributed by atoms with van der Waals surface area (Å²) >= 11 is 0. The summed E-state index contributed by atoms with van der Waals surface area (Å²) in [6.07, 6.45) is 10.1. The van der Waals surface area contributed by atoms with Gasteiger partial charge in [-0.2, -0.15) is 0 Å². The predicted octanol–water partition coefficient (Wildman–Crippen LogP) is 11.3.